The fourth-order valence-electron chi connectivity index (χ4n) is 8.77. The fourth-order valence-corrected chi connectivity index (χ4v) is 9.03. The van der Waals surface area contributed by atoms with Gasteiger partial charge in [-0.15, -0.1) is 20.4 Å². The lowest BCUT2D eigenvalue weighted by molar-refractivity contribution is -0.121. The Morgan fingerprint density at radius 2 is 0.861 bits per heavy atom. The van der Waals surface area contributed by atoms with E-state index in [9.17, 15) is 9.59 Å². The molecule has 3 N–H and O–H groups in total. The Morgan fingerprint density at radius 3 is 1.22 bits per heavy atom. The minimum Gasteiger partial charge on any atom is -0.491 e. The molecule has 2 aliphatic rings. The first-order chi connectivity index (χ1) is 38.6. The minimum absolute atomic E-state index is 0.0285. The molecule has 0 saturated carbocycles. The van der Waals surface area contributed by atoms with E-state index in [1.165, 1.54) is 0 Å². The molecule has 2 atom stereocenters. The summed E-state index contributed by atoms with van der Waals surface area (Å²) in [4.78, 5) is 35.0. The lowest BCUT2D eigenvalue weighted by atomic mass is 10.00. The van der Waals surface area contributed by atoms with E-state index in [2.05, 4.69) is 25.7 Å². The Hall–Kier alpha value is -6.66. The molecule has 420 valence electrons. The molecule has 0 radical (unpaired) electrons. The molecule has 2 aliphatic heterocycles. The smallest absolute Gasteiger partial charge is 0.222 e. The number of nitrogens with one attached hydrogen (secondary N) is 1. The van der Waals surface area contributed by atoms with Crippen molar-refractivity contribution in [2.75, 3.05) is 112 Å². The van der Waals surface area contributed by atoms with Gasteiger partial charge in [0.05, 0.1) is 128 Å². The first kappa shape index (κ1) is 58.5. The van der Waals surface area contributed by atoms with Gasteiger partial charge in [-0.25, -0.2) is 0 Å². The number of aliphatic imine (C=N–C) groups is 2. The lowest BCUT2D eigenvalue weighted by Crippen LogP contribution is -2.25. The fraction of sp³-hybridized carbons (Fsp3) is 0.429. The third kappa shape index (κ3) is 16.5. The van der Waals surface area contributed by atoms with Crippen LogP contribution < -0.4 is 20.5 Å². The molecule has 4 aromatic carbocycles. The molecule has 0 unspecified atom stereocenters. The predicted molar refractivity (Wildman–Crippen MR) is 296 cm³/mol. The summed E-state index contributed by atoms with van der Waals surface area (Å²) in [6, 6.07) is 25.1. The second-order valence-electron chi connectivity index (χ2n) is 18.1. The quantitative estimate of drug-likeness (QED) is 0.0416. The number of carbonyl (C=O) groups excluding carboxylic acids is 2. The average Bonchev–Trinajstić information content (AvgIpc) is 4.20. The van der Waals surface area contributed by atoms with Gasteiger partial charge in [0.25, 0.3) is 0 Å². The molecule has 8 rings (SSSR count). The number of fused-ring (bicyclic) bond motifs is 6. The number of halogens is 2. The molecule has 0 aliphatic carbocycles. The maximum atomic E-state index is 12.8. The molecule has 23 heteroatoms. The van der Waals surface area contributed by atoms with E-state index >= 15 is 0 Å². The molecule has 0 bridgehead atoms. The number of hydrogen-bond acceptors (Lipinski definition) is 17. The Bertz CT molecular complexity index is 3010. The number of rotatable bonds is 33. The van der Waals surface area contributed by atoms with E-state index in [-0.39, 0.29) is 18.7 Å². The van der Waals surface area contributed by atoms with Gasteiger partial charge in [-0.3, -0.25) is 28.7 Å². The van der Waals surface area contributed by atoms with Crippen LogP contribution in [0.25, 0.3) is 11.4 Å². The maximum absolute atomic E-state index is 12.8. The van der Waals surface area contributed by atoms with Crippen LogP contribution in [0.2, 0.25) is 10.0 Å². The van der Waals surface area contributed by atoms with Crippen molar-refractivity contribution in [3.63, 3.8) is 0 Å². The highest BCUT2D eigenvalue weighted by atomic mass is 35.5. The van der Waals surface area contributed by atoms with E-state index in [0.29, 0.717) is 169 Å². The van der Waals surface area contributed by atoms with Crippen molar-refractivity contribution in [3.05, 3.63) is 141 Å². The monoisotopic (exact) mass is 1120 g/mol. The average molecular weight is 1130 g/mol. The summed E-state index contributed by atoms with van der Waals surface area (Å²) in [6.45, 7) is 12.6. The molecule has 6 aromatic rings. The van der Waals surface area contributed by atoms with Crippen LogP contribution in [0.1, 0.15) is 77.4 Å². The number of nitrogens with zero attached hydrogens (tertiary/aromatic N) is 8. The summed E-state index contributed by atoms with van der Waals surface area (Å²) in [5.74, 6) is 3.09. The molecular formula is C56H66Cl2N10O11. The van der Waals surface area contributed by atoms with Gasteiger partial charge in [0.15, 0.2) is 11.6 Å². The molecule has 79 heavy (non-hydrogen) atoms. The van der Waals surface area contributed by atoms with Crippen LogP contribution in [-0.4, -0.2) is 165 Å². The van der Waals surface area contributed by atoms with E-state index < -0.39 is 18.0 Å². The molecule has 0 fully saturated rings. The zero-order chi connectivity index (χ0) is 55.3. The summed E-state index contributed by atoms with van der Waals surface area (Å²) in [7, 11) is 0. The number of primary amides is 1. The zero-order valence-corrected chi connectivity index (χ0v) is 46.1. The highest BCUT2D eigenvalue weighted by Crippen LogP contribution is 2.36. The first-order valence-electron chi connectivity index (χ1n) is 26.2. The molecule has 2 amide bonds. The number of carbonyl (C=O) groups is 2. The van der Waals surface area contributed by atoms with Crippen LogP contribution >= 0.6 is 23.2 Å². The van der Waals surface area contributed by atoms with Gasteiger partial charge in [0.1, 0.15) is 48.4 Å². The third-order valence-electron chi connectivity index (χ3n) is 12.4. The molecule has 2 aromatic heterocycles. The van der Waals surface area contributed by atoms with Crippen molar-refractivity contribution in [3.8, 4) is 22.9 Å². The van der Waals surface area contributed by atoms with Crippen molar-refractivity contribution < 1.29 is 52.2 Å². The van der Waals surface area contributed by atoms with E-state index in [4.69, 9.17) is 81.6 Å². The first-order valence-corrected chi connectivity index (χ1v) is 27.0. The van der Waals surface area contributed by atoms with E-state index in [1.54, 1.807) is 12.1 Å². The number of ether oxygens (including phenoxy) is 9. The summed E-state index contributed by atoms with van der Waals surface area (Å²) in [5, 5.41) is 21.5. The van der Waals surface area contributed by atoms with Crippen molar-refractivity contribution in [2.45, 2.75) is 45.7 Å². The van der Waals surface area contributed by atoms with Crippen molar-refractivity contribution >= 4 is 46.4 Å². The Morgan fingerprint density at radius 1 is 0.506 bits per heavy atom. The van der Waals surface area contributed by atoms with Crippen LogP contribution in [0.4, 0.5) is 0 Å². The zero-order valence-electron chi connectivity index (χ0n) is 44.6. The van der Waals surface area contributed by atoms with Gasteiger partial charge in [-0.2, -0.15) is 0 Å². The van der Waals surface area contributed by atoms with E-state index in [1.807, 2.05) is 103 Å². The van der Waals surface area contributed by atoms with Gasteiger partial charge in [0, 0.05) is 38.8 Å². The highest BCUT2D eigenvalue weighted by Gasteiger charge is 2.32. The highest BCUT2D eigenvalue weighted by molar-refractivity contribution is 6.31. The summed E-state index contributed by atoms with van der Waals surface area (Å²) < 4.78 is 55.7. The largest absolute Gasteiger partial charge is 0.491 e. The minimum atomic E-state index is -0.634. The van der Waals surface area contributed by atoms with Gasteiger partial charge in [0.2, 0.25) is 11.8 Å². The van der Waals surface area contributed by atoms with Crippen LogP contribution in [0.5, 0.6) is 11.5 Å². The van der Waals surface area contributed by atoms with Crippen molar-refractivity contribution in [1.82, 2.24) is 34.8 Å². The SMILES string of the molecule is CCNC(=O)C[C@@H]1N=C(c2ccc(Cl)cc2)c2cc(OCCOCCOCCOCCOCCOCCOCCOCCOc3ccc4c(c3)C(c3ccc(Cl)cc3)=N[C@@H](CC(N)=O)c3nnc(C)n3-4)ccc2-n2c(C)nnc21. The molecule has 21 nitrogen and oxygen atoms in total. The third-order valence-corrected chi connectivity index (χ3v) is 12.9. The Kier molecular flexibility index (Phi) is 22.3. The summed E-state index contributed by atoms with van der Waals surface area (Å²) in [6.07, 6.45) is 0.0891. The number of hydrogen-bond donors (Lipinski definition) is 2. The van der Waals surface area contributed by atoms with Gasteiger partial charge in [-0.05, 0) is 81.4 Å². The normalized spacial score (nSPS) is 14.5. The lowest BCUT2D eigenvalue weighted by Gasteiger charge is -2.15. The van der Waals surface area contributed by atoms with Crippen LogP contribution in [0.15, 0.2) is 94.9 Å². The topological polar surface area (TPSA) is 241 Å². The molecular weight excluding hydrogens is 1060 g/mol. The summed E-state index contributed by atoms with van der Waals surface area (Å²) in [5.41, 5.74) is 11.9. The Labute approximate surface area is 468 Å². The van der Waals surface area contributed by atoms with Crippen molar-refractivity contribution in [2.24, 2.45) is 15.7 Å². The number of aromatic nitrogens is 6. The van der Waals surface area contributed by atoms with Gasteiger partial charge >= 0.3 is 0 Å². The van der Waals surface area contributed by atoms with Crippen LogP contribution in [-0.2, 0) is 42.7 Å². The number of aryl methyl sites for hydroxylation is 2. The van der Waals surface area contributed by atoms with E-state index in [0.717, 1.165) is 33.6 Å². The number of nitrogens with two attached hydrogens (primary N) is 1. The molecule has 0 spiro atoms. The second-order valence-corrected chi connectivity index (χ2v) is 18.9. The molecule has 4 heterocycles. The van der Waals surface area contributed by atoms with Crippen LogP contribution in [0.3, 0.4) is 0 Å². The second kappa shape index (κ2) is 30.1. The standard InChI is InChI=1S/C56H66Cl2N10O11/c1-4-60-52(70)36-48-56-66-64-38(3)68(56)50-16-14-44(34-46(50)54(62-48)40-7-11-42(58)12-8-40)79-32-30-77-28-26-75-24-22-73-20-18-71-17-19-72-21-23-74-25-27-76-29-31-78-43-13-15-49-45(33-43)53(39-5-9-41(57)10-6-39)61-47(35-51(59)69)55-65-63-37(2)67(49)55/h5-16,33-34,47-48H,4,17-32,35-36H2,1-3H3,(H2,59,69)(H,60,70)/t47-,48-/m0/s1. The Balaban J connectivity index is 0.631. The maximum Gasteiger partial charge on any atom is 0.222 e. The number of amides is 2. The molecule has 0 saturated heterocycles. The van der Waals surface area contributed by atoms with Crippen LogP contribution in [0, 0.1) is 13.8 Å². The predicted octanol–water partition coefficient (Wildman–Crippen LogP) is 6.53. The van der Waals surface area contributed by atoms with Gasteiger partial charge < -0.3 is 53.7 Å². The summed E-state index contributed by atoms with van der Waals surface area (Å²) >= 11 is 12.5. The van der Waals surface area contributed by atoms with Crippen molar-refractivity contribution in [1.29, 1.82) is 0 Å². The van der Waals surface area contributed by atoms with Gasteiger partial charge in [-0.1, -0.05) is 47.5 Å². The number of benzene rings is 4.